The quantitative estimate of drug-likeness (QED) is 0.199. The van der Waals surface area contributed by atoms with Gasteiger partial charge in [0.15, 0.2) is 5.96 Å². The Morgan fingerprint density at radius 3 is 2.38 bits per heavy atom. The summed E-state index contributed by atoms with van der Waals surface area (Å²) < 4.78 is 5.45. The van der Waals surface area contributed by atoms with Crippen LogP contribution in [0.25, 0.3) is 0 Å². The van der Waals surface area contributed by atoms with Gasteiger partial charge in [-0.15, -0.1) is 24.0 Å². The van der Waals surface area contributed by atoms with Crippen LogP contribution in [0.15, 0.2) is 35.3 Å². The smallest absolute Gasteiger partial charge is 0.191 e. The van der Waals surface area contributed by atoms with Crippen LogP contribution in [-0.4, -0.2) is 105 Å². The standard InChI is InChI=1S/C24H42N6O.HI/c1-3-25-24(27-20-22(2)30-16-18-31-19-17-30)26-10-7-11-28-12-14-29(15-13-28)21-23-8-5-4-6-9-23;/h4-6,8-9,22H,3,7,10-21H2,1-2H3,(H2,25,26,27);1H. The van der Waals surface area contributed by atoms with Crippen LogP contribution in [0.2, 0.25) is 0 Å². The van der Waals surface area contributed by atoms with Crippen molar-refractivity contribution in [2.75, 3.05) is 78.7 Å². The highest BCUT2D eigenvalue weighted by molar-refractivity contribution is 14.0. The summed E-state index contributed by atoms with van der Waals surface area (Å²) in [5, 5.41) is 6.90. The van der Waals surface area contributed by atoms with Gasteiger partial charge in [0.2, 0.25) is 0 Å². The van der Waals surface area contributed by atoms with E-state index in [0.29, 0.717) is 6.04 Å². The fourth-order valence-corrected chi connectivity index (χ4v) is 4.22. The number of nitrogens with zero attached hydrogens (tertiary/aromatic N) is 4. The molecule has 8 heteroatoms. The molecule has 0 saturated carbocycles. The minimum Gasteiger partial charge on any atom is -0.379 e. The van der Waals surface area contributed by atoms with E-state index in [0.717, 1.165) is 97.6 Å². The molecule has 7 nitrogen and oxygen atoms in total. The lowest BCUT2D eigenvalue weighted by molar-refractivity contribution is 0.0220. The zero-order chi connectivity index (χ0) is 21.7. The van der Waals surface area contributed by atoms with Gasteiger partial charge >= 0.3 is 0 Å². The van der Waals surface area contributed by atoms with Crippen LogP contribution < -0.4 is 10.6 Å². The van der Waals surface area contributed by atoms with E-state index in [2.05, 4.69) is 69.5 Å². The molecule has 1 aromatic carbocycles. The van der Waals surface area contributed by atoms with Crippen LogP contribution in [-0.2, 0) is 11.3 Å². The molecule has 2 aliphatic rings. The van der Waals surface area contributed by atoms with Gasteiger partial charge in [0, 0.05) is 64.9 Å². The van der Waals surface area contributed by atoms with Gasteiger partial charge < -0.3 is 20.3 Å². The summed E-state index contributed by atoms with van der Waals surface area (Å²) in [4.78, 5) is 12.4. The third-order valence-electron chi connectivity index (χ3n) is 6.18. The number of halogens is 1. The van der Waals surface area contributed by atoms with Gasteiger partial charge in [0.25, 0.3) is 0 Å². The Morgan fingerprint density at radius 2 is 1.69 bits per heavy atom. The van der Waals surface area contributed by atoms with Crippen molar-refractivity contribution in [1.29, 1.82) is 0 Å². The van der Waals surface area contributed by atoms with Crippen LogP contribution in [0.3, 0.4) is 0 Å². The first-order valence-electron chi connectivity index (χ1n) is 12.1. The second-order valence-corrected chi connectivity index (χ2v) is 8.60. The molecular formula is C24H43IN6O. The molecule has 182 valence electrons. The van der Waals surface area contributed by atoms with Crippen molar-refractivity contribution in [1.82, 2.24) is 25.3 Å². The van der Waals surface area contributed by atoms with Crippen molar-refractivity contribution >= 4 is 29.9 Å². The second-order valence-electron chi connectivity index (χ2n) is 8.60. The fourth-order valence-electron chi connectivity index (χ4n) is 4.22. The third kappa shape index (κ3) is 9.91. The summed E-state index contributed by atoms with van der Waals surface area (Å²) in [6.45, 7) is 17.6. The van der Waals surface area contributed by atoms with Gasteiger partial charge in [-0.05, 0) is 32.4 Å². The van der Waals surface area contributed by atoms with Crippen molar-refractivity contribution < 1.29 is 4.74 Å². The molecule has 1 atom stereocenters. The van der Waals surface area contributed by atoms with Crippen molar-refractivity contribution in [3.05, 3.63) is 35.9 Å². The lowest BCUT2D eigenvalue weighted by Gasteiger charge is -2.34. The Labute approximate surface area is 212 Å². The topological polar surface area (TPSA) is 55.4 Å². The van der Waals surface area contributed by atoms with E-state index in [1.165, 1.54) is 5.56 Å². The third-order valence-corrected chi connectivity index (χ3v) is 6.18. The molecule has 2 heterocycles. The molecule has 0 spiro atoms. The molecule has 2 N–H and O–H groups in total. The van der Waals surface area contributed by atoms with Gasteiger partial charge in [-0.1, -0.05) is 30.3 Å². The van der Waals surface area contributed by atoms with Crippen LogP contribution >= 0.6 is 24.0 Å². The molecule has 3 rings (SSSR count). The van der Waals surface area contributed by atoms with E-state index in [4.69, 9.17) is 9.73 Å². The van der Waals surface area contributed by atoms with Crippen molar-refractivity contribution in [2.45, 2.75) is 32.9 Å². The van der Waals surface area contributed by atoms with Gasteiger partial charge in [-0.2, -0.15) is 0 Å². The van der Waals surface area contributed by atoms with Crippen LogP contribution in [0, 0.1) is 0 Å². The zero-order valence-electron chi connectivity index (χ0n) is 20.0. The van der Waals surface area contributed by atoms with E-state index in [-0.39, 0.29) is 24.0 Å². The van der Waals surface area contributed by atoms with E-state index in [1.807, 2.05) is 0 Å². The first kappa shape index (κ1) is 27.3. The average molecular weight is 559 g/mol. The number of piperazine rings is 1. The number of benzene rings is 1. The number of rotatable bonds is 10. The first-order chi connectivity index (χ1) is 15.2. The molecule has 0 bridgehead atoms. The molecule has 2 saturated heterocycles. The van der Waals surface area contributed by atoms with Gasteiger partial charge in [0.05, 0.1) is 19.8 Å². The average Bonchev–Trinajstić information content (AvgIpc) is 2.82. The van der Waals surface area contributed by atoms with Gasteiger partial charge in [-0.25, -0.2) is 0 Å². The lowest BCUT2D eigenvalue weighted by Crippen LogP contribution is -2.47. The number of morpholine rings is 1. The Hall–Kier alpha value is -0.940. The minimum absolute atomic E-state index is 0. The normalized spacial score (nSPS) is 19.9. The van der Waals surface area contributed by atoms with E-state index in [9.17, 15) is 0 Å². The monoisotopic (exact) mass is 558 g/mol. The predicted octanol–water partition coefficient (Wildman–Crippen LogP) is 2.09. The van der Waals surface area contributed by atoms with Crippen LogP contribution in [0.5, 0.6) is 0 Å². The molecule has 1 aromatic rings. The highest BCUT2D eigenvalue weighted by atomic mass is 127. The van der Waals surface area contributed by atoms with Crippen LogP contribution in [0.4, 0.5) is 0 Å². The molecule has 0 aromatic heterocycles. The Morgan fingerprint density at radius 1 is 1.00 bits per heavy atom. The van der Waals surface area contributed by atoms with Crippen molar-refractivity contribution in [3.63, 3.8) is 0 Å². The fraction of sp³-hybridized carbons (Fsp3) is 0.708. The molecule has 0 aliphatic carbocycles. The maximum atomic E-state index is 5.45. The van der Waals surface area contributed by atoms with E-state index >= 15 is 0 Å². The summed E-state index contributed by atoms with van der Waals surface area (Å²) in [5.41, 5.74) is 1.42. The summed E-state index contributed by atoms with van der Waals surface area (Å²) >= 11 is 0. The molecule has 32 heavy (non-hydrogen) atoms. The van der Waals surface area contributed by atoms with E-state index < -0.39 is 0 Å². The molecular weight excluding hydrogens is 515 g/mol. The molecule has 0 radical (unpaired) electrons. The van der Waals surface area contributed by atoms with Crippen molar-refractivity contribution in [2.24, 2.45) is 4.99 Å². The zero-order valence-corrected chi connectivity index (χ0v) is 22.3. The Balaban J connectivity index is 0.00000363. The van der Waals surface area contributed by atoms with Crippen LogP contribution in [0.1, 0.15) is 25.8 Å². The molecule has 2 aliphatic heterocycles. The highest BCUT2D eigenvalue weighted by Crippen LogP contribution is 2.08. The first-order valence-corrected chi connectivity index (χ1v) is 12.1. The Kier molecular flexibility index (Phi) is 13.5. The molecule has 0 amide bonds. The number of nitrogens with one attached hydrogen (secondary N) is 2. The number of ether oxygens (including phenoxy) is 1. The lowest BCUT2D eigenvalue weighted by atomic mass is 10.2. The minimum atomic E-state index is 0. The van der Waals surface area contributed by atoms with Gasteiger partial charge in [0.1, 0.15) is 0 Å². The number of guanidine groups is 1. The van der Waals surface area contributed by atoms with Crippen molar-refractivity contribution in [3.8, 4) is 0 Å². The Bertz CT molecular complexity index is 633. The van der Waals surface area contributed by atoms with E-state index in [1.54, 1.807) is 0 Å². The number of aliphatic imine (C=N–C) groups is 1. The largest absolute Gasteiger partial charge is 0.379 e. The number of hydrogen-bond acceptors (Lipinski definition) is 5. The summed E-state index contributed by atoms with van der Waals surface area (Å²) in [6.07, 6.45) is 1.14. The maximum absolute atomic E-state index is 5.45. The second kappa shape index (κ2) is 15.8. The molecule has 1 unspecified atom stereocenters. The summed E-state index contributed by atoms with van der Waals surface area (Å²) in [6, 6.07) is 11.3. The predicted molar refractivity (Wildman–Crippen MR) is 144 cm³/mol. The van der Waals surface area contributed by atoms with Gasteiger partial charge in [-0.3, -0.25) is 14.8 Å². The molecule has 2 fully saturated rings. The number of hydrogen-bond donors (Lipinski definition) is 2. The highest BCUT2D eigenvalue weighted by Gasteiger charge is 2.17. The maximum Gasteiger partial charge on any atom is 0.191 e. The summed E-state index contributed by atoms with van der Waals surface area (Å²) in [7, 11) is 0. The summed E-state index contributed by atoms with van der Waals surface area (Å²) in [5.74, 6) is 0.940. The SMILES string of the molecule is CCNC(=NCC(C)N1CCOCC1)NCCCN1CCN(Cc2ccccc2)CC1.I.